The molecule has 0 aromatic heterocycles. The first-order valence-corrected chi connectivity index (χ1v) is 6.12. The molecule has 0 aromatic rings. The van der Waals surface area contributed by atoms with Crippen LogP contribution in [0.3, 0.4) is 0 Å². The summed E-state index contributed by atoms with van der Waals surface area (Å²) in [5, 5.41) is 22.8. The van der Waals surface area contributed by atoms with Gasteiger partial charge in [0.1, 0.15) is 0 Å². The summed E-state index contributed by atoms with van der Waals surface area (Å²) in [7, 11) is 0. The molecule has 4 heteroatoms. The van der Waals surface area contributed by atoms with Crippen molar-refractivity contribution < 1.29 is 20.1 Å². The maximum atomic E-state index is 7.62. The van der Waals surface area contributed by atoms with Crippen molar-refractivity contribution >= 4 is 0 Å². The van der Waals surface area contributed by atoms with Crippen LogP contribution in [-0.2, 0) is 4.74 Å². The molecule has 0 aliphatic rings. The predicted molar refractivity (Wildman–Crippen MR) is 80.8 cm³/mol. The predicted octanol–water partition coefficient (Wildman–Crippen LogP) is 2.40. The summed E-state index contributed by atoms with van der Waals surface area (Å²) in [4.78, 5) is 0. The maximum absolute atomic E-state index is 7.62. The van der Waals surface area contributed by atoms with Gasteiger partial charge >= 0.3 is 0 Å². The van der Waals surface area contributed by atoms with E-state index in [9.17, 15) is 0 Å². The number of hydrogen-bond donors (Lipinski definition) is 3. The van der Waals surface area contributed by atoms with Crippen molar-refractivity contribution in [2.45, 2.75) is 34.6 Å². The minimum atomic E-state index is -0.125. The van der Waals surface area contributed by atoms with E-state index in [0.717, 1.165) is 13.2 Å². The van der Waals surface area contributed by atoms with Gasteiger partial charge in [-0.05, 0) is 34.6 Å². The van der Waals surface area contributed by atoms with Crippen molar-refractivity contribution in [2.24, 2.45) is 0 Å². The Morgan fingerprint density at radius 3 is 1.00 bits per heavy atom. The van der Waals surface area contributed by atoms with E-state index in [2.05, 4.69) is 13.2 Å². The largest absolute Gasteiger partial charge is 0.397 e. The first kappa shape index (κ1) is 30.4. The monoisotopic (exact) mass is 266 g/mol. The van der Waals surface area contributed by atoms with E-state index >= 15 is 0 Å². The second kappa shape index (κ2) is 71.5. The van der Waals surface area contributed by atoms with E-state index in [1.54, 1.807) is 19.1 Å². The molecular formula is C14H34O4. The quantitative estimate of drug-likeness (QED) is 0.686. The standard InChI is InChI=1S/C4H10O.2C3H6.C2H6O2.C2H6O/c1-3-5-4-2;2*1-3-2;3-1-2-4;1-2-3/h3-4H2,1-2H3;2*3H,1H2,2H3;3-4H,1-2H2;3H,2H2,1H3. The van der Waals surface area contributed by atoms with Gasteiger partial charge in [0.2, 0.25) is 0 Å². The summed E-state index contributed by atoms with van der Waals surface area (Å²) in [6.07, 6.45) is 3.50. The molecule has 0 aliphatic heterocycles. The molecule has 4 nitrogen and oxygen atoms in total. The van der Waals surface area contributed by atoms with Gasteiger partial charge in [-0.1, -0.05) is 12.2 Å². The number of rotatable bonds is 3. The van der Waals surface area contributed by atoms with Gasteiger partial charge < -0.3 is 20.1 Å². The molecule has 3 N–H and O–H groups in total. The van der Waals surface area contributed by atoms with Crippen LogP contribution in [0.15, 0.2) is 25.3 Å². The second-order valence-electron chi connectivity index (χ2n) is 2.36. The van der Waals surface area contributed by atoms with Crippen LogP contribution in [-0.4, -0.2) is 48.4 Å². The van der Waals surface area contributed by atoms with Gasteiger partial charge in [0, 0.05) is 19.8 Å². The van der Waals surface area contributed by atoms with Crippen molar-refractivity contribution in [3.05, 3.63) is 25.3 Å². The summed E-state index contributed by atoms with van der Waals surface area (Å²) in [6.45, 7) is 17.8. The van der Waals surface area contributed by atoms with Gasteiger partial charge in [0.15, 0.2) is 0 Å². The van der Waals surface area contributed by atoms with Crippen LogP contribution in [0.1, 0.15) is 34.6 Å². The lowest BCUT2D eigenvalue weighted by molar-refractivity contribution is 0.162. The Morgan fingerprint density at radius 1 is 0.833 bits per heavy atom. The minimum absolute atomic E-state index is 0.125. The van der Waals surface area contributed by atoms with E-state index in [0.29, 0.717) is 0 Å². The average molecular weight is 266 g/mol. The molecule has 0 radical (unpaired) electrons. The van der Waals surface area contributed by atoms with Crippen LogP contribution in [0, 0.1) is 0 Å². The average Bonchev–Trinajstić information content (AvgIpc) is 2.33. The molecule has 18 heavy (non-hydrogen) atoms. The lowest BCUT2D eigenvalue weighted by Gasteiger charge is -1.86. The van der Waals surface area contributed by atoms with E-state index < -0.39 is 0 Å². The lowest BCUT2D eigenvalue weighted by Crippen LogP contribution is -1.85. The Labute approximate surface area is 114 Å². The highest BCUT2D eigenvalue weighted by Crippen LogP contribution is 1.64. The molecule has 0 amide bonds. The highest BCUT2D eigenvalue weighted by molar-refractivity contribution is 4.51. The molecular weight excluding hydrogens is 232 g/mol. The fraction of sp³-hybridized carbons (Fsp3) is 0.714. The molecule has 0 unspecified atom stereocenters. The summed E-state index contributed by atoms with van der Waals surface area (Å²) < 4.78 is 4.83. The second-order valence-corrected chi connectivity index (χ2v) is 2.36. The summed E-state index contributed by atoms with van der Waals surface area (Å²) in [5.74, 6) is 0. The van der Waals surface area contributed by atoms with E-state index in [-0.39, 0.29) is 19.8 Å². The zero-order valence-corrected chi connectivity index (χ0v) is 12.9. The molecule has 114 valence electrons. The first-order valence-electron chi connectivity index (χ1n) is 6.12. The van der Waals surface area contributed by atoms with Crippen LogP contribution in [0.2, 0.25) is 0 Å². The van der Waals surface area contributed by atoms with Gasteiger partial charge in [-0.25, -0.2) is 0 Å². The summed E-state index contributed by atoms with van der Waals surface area (Å²) in [5.41, 5.74) is 0. The number of ether oxygens (including phenoxy) is 1. The summed E-state index contributed by atoms with van der Waals surface area (Å²) >= 11 is 0. The van der Waals surface area contributed by atoms with Crippen LogP contribution < -0.4 is 0 Å². The maximum Gasteiger partial charge on any atom is 0.0662 e. The summed E-state index contributed by atoms with van der Waals surface area (Å²) in [6, 6.07) is 0. The van der Waals surface area contributed by atoms with E-state index in [1.165, 1.54) is 0 Å². The molecule has 0 bridgehead atoms. The molecule has 0 fully saturated rings. The van der Waals surface area contributed by atoms with Gasteiger partial charge in [-0.2, -0.15) is 0 Å². The Kier molecular flexibility index (Phi) is 121. The fourth-order valence-electron chi connectivity index (χ4n) is 0.204. The van der Waals surface area contributed by atoms with E-state index in [4.69, 9.17) is 20.1 Å². The third-order valence-electron chi connectivity index (χ3n) is 0.508. The molecule has 0 aliphatic carbocycles. The molecule has 0 heterocycles. The molecule has 0 aromatic carbocycles. The van der Waals surface area contributed by atoms with Gasteiger partial charge in [0.25, 0.3) is 0 Å². The highest BCUT2D eigenvalue weighted by atomic mass is 16.5. The molecule has 0 atom stereocenters. The van der Waals surface area contributed by atoms with Crippen LogP contribution in [0.5, 0.6) is 0 Å². The molecule has 0 rings (SSSR count). The number of hydrogen-bond acceptors (Lipinski definition) is 4. The first-order chi connectivity index (χ1) is 8.57. The van der Waals surface area contributed by atoms with Crippen molar-refractivity contribution in [1.82, 2.24) is 0 Å². The fourth-order valence-corrected chi connectivity index (χ4v) is 0.204. The normalized spacial score (nSPS) is 6.44. The SMILES string of the molecule is C=CC.C=CC.CCO.CCOCC.OCCO. The van der Waals surface area contributed by atoms with Gasteiger partial charge in [-0.3, -0.25) is 0 Å². The highest BCUT2D eigenvalue weighted by Gasteiger charge is 1.64. The van der Waals surface area contributed by atoms with Crippen LogP contribution in [0.4, 0.5) is 0 Å². The van der Waals surface area contributed by atoms with Crippen molar-refractivity contribution in [2.75, 3.05) is 33.0 Å². The Hall–Kier alpha value is -0.680. The van der Waals surface area contributed by atoms with Crippen molar-refractivity contribution in [3.8, 4) is 0 Å². The van der Waals surface area contributed by atoms with Crippen molar-refractivity contribution in [1.29, 1.82) is 0 Å². The van der Waals surface area contributed by atoms with Crippen molar-refractivity contribution in [3.63, 3.8) is 0 Å². The third kappa shape index (κ3) is 584. The topological polar surface area (TPSA) is 69.9 Å². The Balaban J connectivity index is -0.0000000400. The van der Waals surface area contributed by atoms with Crippen LogP contribution in [0.25, 0.3) is 0 Å². The zero-order chi connectivity index (χ0) is 15.7. The van der Waals surface area contributed by atoms with E-state index in [1.807, 2.05) is 27.7 Å². The Morgan fingerprint density at radius 2 is 1.00 bits per heavy atom. The smallest absolute Gasteiger partial charge is 0.0662 e. The van der Waals surface area contributed by atoms with Crippen LogP contribution >= 0.6 is 0 Å². The van der Waals surface area contributed by atoms with Gasteiger partial charge in [-0.15, -0.1) is 13.2 Å². The van der Waals surface area contributed by atoms with Gasteiger partial charge in [0.05, 0.1) is 13.2 Å². The minimum Gasteiger partial charge on any atom is -0.397 e. The number of allylic oxidation sites excluding steroid dienone is 2. The molecule has 0 spiro atoms. The number of aliphatic hydroxyl groups is 3. The molecule has 0 saturated carbocycles. The lowest BCUT2D eigenvalue weighted by atomic mass is 10.8. The Bertz CT molecular complexity index is 85.8. The number of aliphatic hydroxyl groups excluding tert-OH is 3. The third-order valence-corrected chi connectivity index (χ3v) is 0.508. The molecule has 0 saturated heterocycles. The zero-order valence-electron chi connectivity index (χ0n) is 12.9.